The lowest BCUT2D eigenvalue weighted by molar-refractivity contribution is -0.150. The van der Waals surface area contributed by atoms with E-state index in [0.29, 0.717) is 12.3 Å². The summed E-state index contributed by atoms with van der Waals surface area (Å²) in [6, 6.07) is 0. The first-order chi connectivity index (χ1) is 5.07. The Hall–Kier alpha value is -0.570. The van der Waals surface area contributed by atoms with Crippen LogP contribution >= 0.6 is 0 Å². The van der Waals surface area contributed by atoms with Gasteiger partial charge in [0.1, 0.15) is 0 Å². The summed E-state index contributed by atoms with van der Waals surface area (Å²) in [6.45, 7) is 4.09. The van der Waals surface area contributed by atoms with Crippen LogP contribution in [0.15, 0.2) is 0 Å². The maximum atomic E-state index is 10.7. The predicted molar refractivity (Wildman–Crippen MR) is 42.1 cm³/mol. The van der Waals surface area contributed by atoms with Gasteiger partial charge in [-0.3, -0.25) is 0 Å². The highest BCUT2D eigenvalue weighted by Gasteiger charge is 2.14. The van der Waals surface area contributed by atoms with Crippen LogP contribution in [0.5, 0.6) is 0 Å². The van der Waals surface area contributed by atoms with E-state index < -0.39 is 12.1 Å². The van der Waals surface area contributed by atoms with Gasteiger partial charge in [0, 0.05) is 0 Å². The summed E-state index contributed by atoms with van der Waals surface area (Å²) in [5, 5.41) is 9.09. The normalized spacial score (nSPS) is 13.2. The molecule has 0 amide bonds. The molecule has 0 aromatic heterocycles. The van der Waals surface area contributed by atoms with Gasteiger partial charge in [0.2, 0.25) is 0 Å². The Balaban J connectivity index is 3.52. The Labute approximate surface area is 67.4 Å². The predicted octanol–water partition coefficient (Wildman–Crippen LogP) is 0.956. The highest BCUT2D eigenvalue weighted by molar-refractivity contribution is 5.74. The maximum absolute atomic E-state index is 10.7. The van der Waals surface area contributed by atoms with Crippen molar-refractivity contribution in [2.75, 3.05) is 7.11 Å². The van der Waals surface area contributed by atoms with E-state index in [1.165, 1.54) is 7.11 Å². The van der Waals surface area contributed by atoms with Crippen molar-refractivity contribution in [2.45, 2.75) is 32.8 Å². The van der Waals surface area contributed by atoms with Crippen LogP contribution in [0, 0.1) is 5.92 Å². The van der Waals surface area contributed by atoms with Crippen molar-refractivity contribution in [3.05, 3.63) is 0 Å². The molecular formula is C8H16O3. The van der Waals surface area contributed by atoms with Crippen LogP contribution in [-0.4, -0.2) is 24.3 Å². The molecule has 0 aliphatic carbocycles. The molecule has 0 saturated carbocycles. The number of ether oxygens (including phenoxy) is 1. The Morgan fingerprint density at radius 3 is 2.36 bits per heavy atom. The molecule has 0 aromatic carbocycles. The SMILES string of the molecule is COC(=O)[C@H](O)CCC(C)C. The largest absolute Gasteiger partial charge is 0.467 e. The third kappa shape index (κ3) is 4.79. The van der Waals surface area contributed by atoms with Crippen molar-refractivity contribution in [1.82, 2.24) is 0 Å². The van der Waals surface area contributed by atoms with Crippen molar-refractivity contribution in [2.24, 2.45) is 5.92 Å². The Bertz CT molecular complexity index is 121. The molecule has 0 unspecified atom stereocenters. The highest BCUT2D eigenvalue weighted by Crippen LogP contribution is 2.07. The number of carbonyl (C=O) groups excluding carboxylic acids is 1. The summed E-state index contributed by atoms with van der Waals surface area (Å²) in [6.07, 6.45) is 0.392. The second-order valence-corrected chi connectivity index (χ2v) is 3.01. The van der Waals surface area contributed by atoms with Crippen molar-refractivity contribution >= 4 is 5.97 Å². The Kier molecular flexibility index (Phi) is 4.86. The first-order valence-corrected chi connectivity index (χ1v) is 3.83. The number of aliphatic hydroxyl groups is 1. The number of methoxy groups -OCH3 is 1. The smallest absolute Gasteiger partial charge is 0.334 e. The molecule has 0 rings (SSSR count). The first-order valence-electron chi connectivity index (χ1n) is 3.83. The summed E-state index contributed by atoms with van der Waals surface area (Å²) >= 11 is 0. The molecule has 0 spiro atoms. The van der Waals surface area contributed by atoms with Crippen LogP contribution in [-0.2, 0) is 9.53 Å². The topological polar surface area (TPSA) is 46.5 Å². The molecule has 0 aliphatic heterocycles. The molecule has 66 valence electrons. The molecule has 0 fully saturated rings. The van der Waals surface area contributed by atoms with Crippen LogP contribution in [0.3, 0.4) is 0 Å². The summed E-state index contributed by atoms with van der Waals surface area (Å²) < 4.78 is 4.36. The number of rotatable bonds is 4. The minimum Gasteiger partial charge on any atom is -0.467 e. The van der Waals surface area contributed by atoms with Gasteiger partial charge in [0.05, 0.1) is 7.11 Å². The number of carbonyl (C=O) groups is 1. The number of hydrogen-bond acceptors (Lipinski definition) is 3. The van der Waals surface area contributed by atoms with Gasteiger partial charge in [-0.1, -0.05) is 13.8 Å². The van der Waals surface area contributed by atoms with E-state index >= 15 is 0 Å². The quantitative estimate of drug-likeness (QED) is 0.623. The molecule has 1 N–H and O–H groups in total. The zero-order chi connectivity index (χ0) is 8.85. The van der Waals surface area contributed by atoms with Crippen molar-refractivity contribution in [3.8, 4) is 0 Å². The van der Waals surface area contributed by atoms with Crippen LogP contribution in [0.25, 0.3) is 0 Å². The van der Waals surface area contributed by atoms with Gasteiger partial charge in [0.25, 0.3) is 0 Å². The molecule has 0 saturated heterocycles. The first kappa shape index (κ1) is 10.4. The lowest BCUT2D eigenvalue weighted by Crippen LogP contribution is -2.21. The van der Waals surface area contributed by atoms with Gasteiger partial charge < -0.3 is 9.84 Å². The van der Waals surface area contributed by atoms with E-state index in [-0.39, 0.29) is 0 Å². The van der Waals surface area contributed by atoms with E-state index in [9.17, 15) is 4.79 Å². The monoisotopic (exact) mass is 160 g/mol. The van der Waals surface area contributed by atoms with Gasteiger partial charge in [-0.15, -0.1) is 0 Å². The number of esters is 1. The standard InChI is InChI=1S/C8H16O3/c1-6(2)4-5-7(9)8(10)11-3/h6-7,9H,4-5H2,1-3H3/t7-/m1/s1. The molecule has 0 bridgehead atoms. The van der Waals surface area contributed by atoms with Crippen molar-refractivity contribution < 1.29 is 14.6 Å². The Morgan fingerprint density at radius 1 is 1.45 bits per heavy atom. The average Bonchev–Trinajstić information content (AvgIpc) is 1.98. The van der Waals surface area contributed by atoms with Gasteiger partial charge in [-0.25, -0.2) is 4.79 Å². The molecule has 3 heteroatoms. The van der Waals surface area contributed by atoms with Gasteiger partial charge in [-0.05, 0) is 18.8 Å². The minimum absolute atomic E-state index is 0.490. The third-order valence-corrected chi connectivity index (χ3v) is 1.49. The summed E-state index contributed by atoms with van der Waals surface area (Å²) in [4.78, 5) is 10.7. The summed E-state index contributed by atoms with van der Waals surface area (Å²) in [5.41, 5.74) is 0. The van der Waals surface area contributed by atoms with E-state index in [1.54, 1.807) is 0 Å². The van der Waals surface area contributed by atoms with E-state index in [0.717, 1.165) is 6.42 Å². The minimum atomic E-state index is -0.942. The lowest BCUT2D eigenvalue weighted by atomic mass is 10.1. The maximum Gasteiger partial charge on any atom is 0.334 e. The lowest BCUT2D eigenvalue weighted by Gasteiger charge is -2.08. The number of hydrogen-bond donors (Lipinski definition) is 1. The highest BCUT2D eigenvalue weighted by atomic mass is 16.5. The second kappa shape index (κ2) is 5.13. The fourth-order valence-corrected chi connectivity index (χ4v) is 0.745. The third-order valence-electron chi connectivity index (χ3n) is 1.49. The fraction of sp³-hybridized carbons (Fsp3) is 0.875. The van der Waals surface area contributed by atoms with Gasteiger partial charge in [-0.2, -0.15) is 0 Å². The second-order valence-electron chi connectivity index (χ2n) is 3.01. The molecule has 0 aliphatic rings. The van der Waals surface area contributed by atoms with E-state index in [1.807, 2.05) is 13.8 Å². The molecular weight excluding hydrogens is 144 g/mol. The average molecular weight is 160 g/mol. The van der Waals surface area contributed by atoms with Crippen LogP contribution in [0.2, 0.25) is 0 Å². The molecule has 1 atom stereocenters. The van der Waals surface area contributed by atoms with E-state index in [4.69, 9.17) is 5.11 Å². The van der Waals surface area contributed by atoms with Gasteiger partial charge >= 0.3 is 5.97 Å². The van der Waals surface area contributed by atoms with Crippen LogP contribution in [0.4, 0.5) is 0 Å². The van der Waals surface area contributed by atoms with Crippen LogP contribution in [0.1, 0.15) is 26.7 Å². The molecule has 0 heterocycles. The number of aliphatic hydroxyl groups excluding tert-OH is 1. The zero-order valence-electron chi connectivity index (χ0n) is 7.33. The van der Waals surface area contributed by atoms with Crippen molar-refractivity contribution in [1.29, 1.82) is 0 Å². The fourth-order valence-electron chi connectivity index (χ4n) is 0.745. The van der Waals surface area contributed by atoms with Gasteiger partial charge in [0.15, 0.2) is 6.10 Å². The summed E-state index contributed by atoms with van der Waals surface area (Å²) in [7, 11) is 1.28. The molecule has 11 heavy (non-hydrogen) atoms. The summed E-state index contributed by atoms with van der Waals surface area (Å²) in [5.74, 6) is -0.0278. The zero-order valence-corrected chi connectivity index (χ0v) is 7.33. The molecule has 0 aromatic rings. The van der Waals surface area contributed by atoms with Crippen molar-refractivity contribution in [3.63, 3.8) is 0 Å². The van der Waals surface area contributed by atoms with E-state index in [2.05, 4.69) is 4.74 Å². The Morgan fingerprint density at radius 2 is 2.00 bits per heavy atom. The molecule has 0 radical (unpaired) electrons. The van der Waals surface area contributed by atoms with Crippen LogP contribution < -0.4 is 0 Å². The molecule has 3 nitrogen and oxygen atoms in total.